The molecule has 1 amide bonds. The highest BCUT2D eigenvalue weighted by Crippen LogP contribution is 2.30. The first-order valence-electron chi connectivity index (χ1n) is 10.5. The monoisotopic (exact) mass is 521 g/mol. The molecule has 1 unspecified atom stereocenters. The summed E-state index contributed by atoms with van der Waals surface area (Å²) in [7, 11) is -4.21. The van der Waals surface area contributed by atoms with Gasteiger partial charge in [-0.1, -0.05) is 18.2 Å². The van der Waals surface area contributed by atoms with Crippen LogP contribution in [0.25, 0.3) is 22.2 Å². The Hall–Kier alpha value is -3.77. The van der Waals surface area contributed by atoms with Crippen LogP contribution in [0.1, 0.15) is 18.1 Å². The zero-order valence-electron chi connectivity index (χ0n) is 18.6. The molecule has 0 aliphatic carbocycles. The normalized spacial score (nSPS) is 13.0. The third-order valence-corrected chi connectivity index (χ3v) is 6.62. The maximum atomic E-state index is 13.4. The van der Waals surface area contributed by atoms with Crippen LogP contribution in [-0.4, -0.2) is 25.4 Å². The molecule has 188 valence electrons. The van der Waals surface area contributed by atoms with Gasteiger partial charge in [-0.15, -0.1) is 0 Å². The fourth-order valence-corrected chi connectivity index (χ4v) is 4.55. The first kappa shape index (κ1) is 25.3. The van der Waals surface area contributed by atoms with Crippen molar-refractivity contribution in [2.24, 2.45) is 0 Å². The van der Waals surface area contributed by atoms with E-state index in [1.807, 2.05) is 0 Å². The van der Waals surface area contributed by atoms with E-state index < -0.39 is 44.6 Å². The first-order valence-corrected chi connectivity index (χ1v) is 12.0. The Labute approximate surface area is 203 Å². The topological polar surface area (TPSA) is 101 Å². The number of carbonyl (C=O) groups is 1. The zero-order valence-corrected chi connectivity index (χ0v) is 19.5. The fourth-order valence-electron chi connectivity index (χ4n) is 3.38. The van der Waals surface area contributed by atoms with Crippen LogP contribution >= 0.6 is 0 Å². The highest BCUT2D eigenvalue weighted by molar-refractivity contribution is 7.89. The van der Waals surface area contributed by atoms with Gasteiger partial charge in [0.05, 0.1) is 17.3 Å². The van der Waals surface area contributed by atoms with Crippen molar-refractivity contribution in [1.29, 1.82) is 0 Å². The molecule has 2 N–H and O–H groups in total. The van der Waals surface area contributed by atoms with Gasteiger partial charge >= 0.3 is 6.18 Å². The van der Waals surface area contributed by atoms with Gasteiger partial charge in [-0.2, -0.15) is 17.9 Å². The van der Waals surface area contributed by atoms with Gasteiger partial charge in [0.2, 0.25) is 11.0 Å². The SMILES string of the molecule is CC(NS(=O)(=O)c1cc2cc(F)ccc2o1)C(=O)NCc1cccc(-c2ccc(C(F)(F)F)cn2)c1. The fraction of sp³-hybridized carbons (Fsp3) is 0.167. The predicted octanol–water partition coefficient (Wildman–Crippen LogP) is 4.64. The lowest BCUT2D eigenvalue weighted by Crippen LogP contribution is -2.44. The van der Waals surface area contributed by atoms with E-state index in [1.165, 1.54) is 19.1 Å². The number of furan rings is 1. The number of hydrogen-bond acceptors (Lipinski definition) is 5. The van der Waals surface area contributed by atoms with Crippen LogP contribution in [0.5, 0.6) is 0 Å². The number of hydrogen-bond donors (Lipinski definition) is 2. The van der Waals surface area contributed by atoms with Crippen LogP contribution in [0.3, 0.4) is 0 Å². The summed E-state index contributed by atoms with van der Waals surface area (Å²) in [6.45, 7) is 1.38. The van der Waals surface area contributed by atoms with Gasteiger partial charge in [-0.3, -0.25) is 9.78 Å². The molecule has 7 nitrogen and oxygen atoms in total. The number of sulfonamides is 1. The summed E-state index contributed by atoms with van der Waals surface area (Å²) in [5.41, 5.74) is 0.808. The van der Waals surface area contributed by atoms with Crippen LogP contribution in [-0.2, 0) is 27.5 Å². The van der Waals surface area contributed by atoms with Crippen molar-refractivity contribution in [3.63, 3.8) is 0 Å². The zero-order chi connectivity index (χ0) is 26.1. The molecule has 2 heterocycles. The number of fused-ring (bicyclic) bond motifs is 1. The molecular formula is C24H19F4N3O4S. The van der Waals surface area contributed by atoms with E-state index >= 15 is 0 Å². The van der Waals surface area contributed by atoms with Gasteiger partial charge in [0.1, 0.15) is 11.4 Å². The van der Waals surface area contributed by atoms with Crippen LogP contribution < -0.4 is 10.0 Å². The van der Waals surface area contributed by atoms with Crippen LogP contribution in [0.15, 0.2) is 76.4 Å². The van der Waals surface area contributed by atoms with Crippen molar-refractivity contribution in [3.05, 3.63) is 83.8 Å². The van der Waals surface area contributed by atoms with E-state index in [0.717, 1.165) is 30.5 Å². The van der Waals surface area contributed by atoms with Gasteiger partial charge in [-0.25, -0.2) is 12.8 Å². The third-order valence-electron chi connectivity index (χ3n) is 5.23. The smallest absolute Gasteiger partial charge is 0.417 e. The van der Waals surface area contributed by atoms with Crippen LogP contribution in [0, 0.1) is 5.82 Å². The second kappa shape index (κ2) is 9.70. The number of pyridine rings is 1. The molecular weight excluding hydrogens is 502 g/mol. The molecule has 4 rings (SSSR count). The number of nitrogens with one attached hydrogen (secondary N) is 2. The largest absolute Gasteiger partial charge is 0.443 e. The Morgan fingerprint density at radius 3 is 2.56 bits per heavy atom. The molecule has 36 heavy (non-hydrogen) atoms. The van der Waals surface area contributed by atoms with Crippen LogP contribution in [0.4, 0.5) is 17.6 Å². The summed E-state index contributed by atoms with van der Waals surface area (Å²) < 4.78 is 84.3. The third kappa shape index (κ3) is 5.71. The van der Waals surface area contributed by atoms with Gasteiger partial charge < -0.3 is 9.73 Å². The Balaban J connectivity index is 1.39. The number of nitrogens with zero attached hydrogens (tertiary/aromatic N) is 1. The number of carbonyl (C=O) groups excluding carboxylic acids is 1. The Morgan fingerprint density at radius 1 is 1.08 bits per heavy atom. The van der Waals surface area contributed by atoms with Gasteiger partial charge in [0.25, 0.3) is 10.0 Å². The van der Waals surface area contributed by atoms with E-state index in [-0.39, 0.29) is 17.5 Å². The minimum Gasteiger partial charge on any atom is -0.443 e. The second-order valence-electron chi connectivity index (χ2n) is 7.94. The summed E-state index contributed by atoms with van der Waals surface area (Å²) in [5.74, 6) is -1.18. The molecule has 0 spiro atoms. The first-order chi connectivity index (χ1) is 16.9. The van der Waals surface area contributed by atoms with Crippen molar-refractivity contribution < 1.29 is 35.2 Å². The van der Waals surface area contributed by atoms with Crippen LogP contribution in [0.2, 0.25) is 0 Å². The molecule has 0 bridgehead atoms. The summed E-state index contributed by atoms with van der Waals surface area (Å²) in [6.07, 6.45) is -3.74. The molecule has 0 aliphatic rings. The standard InChI is InChI=1S/C24H19F4N3O4S/c1-14(31-36(33,34)22-11-17-10-19(25)6-8-21(17)35-22)23(32)30-12-15-3-2-4-16(9-15)20-7-5-18(13-29-20)24(26,27)28/h2-11,13-14,31H,12H2,1H3,(H,30,32). The minimum atomic E-state index is -4.49. The Bertz CT molecular complexity index is 1520. The van der Waals surface area contributed by atoms with E-state index in [0.29, 0.717) is 16.8 Å². The summed E-state index contributed by atoms with van der Waals surface area (Å²) >= 11 is 0. The van der Waals surface area contributed by atoms with Crippen molar-refractivity contribution in [2.75, 3.05) is 0 Å². The lowest BCUT2D eigenvalue weighted by Gasteiger charge is -2.14. The molecule has 0 saturated heterocycles. The molecule has 0 radical (unpaired) electrons. The molecule has 2 aromatic heterocycles. The quantitative estimate of drug-likeness (QED) is 0.345. The van der Waals surface area contributed by atoms with E-state index in [9.17, 15) is 30.8 Å². The highest BCUT2D eigenvalue weighted by Gasteiger charge is 2.30. The number of amides is 1. The molecule has 0 saturated carbocycles. The summed E-state index contributed by atoms with van der Waals surface area (Å²) in [5, 5.41) is 2.40. The van der Waals surface area contributed by atoms with Crippen molar-refractivity contribution in [2.45, 2.75) is 30.8 Å². The number of benzene rings is 2. The average molecular weight is 521 g/mol. The van der Waals surface area contributed by atoms with E-state index in [4.69, 9.17) is 4.42 Å². The molecule has 2 aromatic carbocycles. The van der Waals surface area contributed by atoms with Gasteiger partial charge in [-0.05, 0) is 48.9 Å². The van der Waals surface area contributed by atoms with E-state index in [2.05, 4.69) is 15.0 Å². The Morgan fingerprint density at radius 2 is 1.86 bits per heavy atom. The van der Waals surface area contributed by atoms with Crippen molar-refractivity contribution >= 4 is 26.9 Å². The maximum Gasteiger partial charge on any atom is 0.417 e. The lowest BCUT2D eigenvalue weighted by atomic mass is 10.1. The highest BCUT2D eigenvalue weighted by atomic mass is 32.2. The summed E-state index contributed by atoms with van der Waals surface area (Å²) in [6, 6.07) is 12.4. The van der Waals surface area contributed by atoms with Gasteiger partial charge in [0.15, 0.2) is 0 Å². The molecule has 1 atom stereocenters. The molecule has 4 aromatic rings. The molecule has 0 fully saturated rings. The van der Waals surface area contributed by atoms with E-state index in [1.54, 1.807) is 24.3 Å². The number of aromatic nitrogens is 1. The minimum absolute atomic E-state index is 0.0310. The average Bonchev–Trinajstić information content (AvgIpc) is 3.26. The number of alkyl halides is 3. The molecule has 12 heteroatoms. The number of rotatable bonds is 7. The van der Waals surface area contributed by atoms with Crippen molar-refractivity contribution in [1.82, 2.24) is 15.0 Å². The Kier molecular flexibility index (Phi) is 6.83. The second-order valence-corrected chi connectivity index (χ2v) is 9.58. The maximum absolute atomic E-state index is 13.4. The predicted molar refractivity (Wildman–Crippen MR) is 122 cm³/mol. The lowest BCUT2D eigenvalue weighted by molar-refractivity contribution is -0.137. The van der Waals surface area contributed by atoms with Gasteiger partial charge in [0, 0.05) is 29.8 Å². The summed E-state index contributed by atoms with van der Waals surface area (Å²) in [4.78, 5) is 16.3. The van der Waals surface area contributed by atoms with Crippen molar-refractivity contribution in [3.8, 4) is 11.3 Å². The number of halogens is 4. The molecule has 0 aliphatic heterocycles.